The molecule has 0 saturated carbocycles. The van der Waals surface area contributed by atoms with Gasteiger partial charge in [-0.1, -0.05) is 18.1 Å². The van der Waals surface area contributed by atoms with Crippen molar-refractivity contribution in [3.05, 3.63) is 40.8 Å². The van der Waals surface area contributed by atoms with Crippen LogP contribution in [0.2, 0.25) is 0 Å². The highest BCUT2D eigenvalue weighted by molar-refractivity contribution is 6.07. The Morgan fingerprint density at radius 2 is 2.17 bits per heavy atom. The van der Waals surface area contributed by atoms with E-state index >= 15 is 0 Å². The van der Waals surface area contributed by atoms with Crippen molar-refractivity contribution in [2.75, 3.05) is 4.90 Å². The molecule has 1 amide bonds. The molecule has 1 fully saturated rings. The highest BCUT2D eigenvalue weighted by Gasteiger charge is 2.39. The summed E-state index contributed by atoms with van der Waals surface area (Å²) < 4.78 is 10.3. The Bertz CT molecular complexity index is 908. The van der Waals surface area contributed by atoms with Crippen LogP contribution in [0.3, 0.4) is 0 Å². The molecular weight excluding hydrogens is 310 g/mol. The number of carbonyl (C=O) groups excluding carboxylic acids is 2. The number of nitrogens with zero attached hydrogens (tertiary/aromatic N) is 1. The van der Waals surface area contributed by atoms with E-state index < -0.39 is 23.7 Å². The van der Waals surface area contributed by atoms with Gasteiger partial charge in [-0.3, -0.25) is 9.69 Å². The molecule has 0 N–H and O–H groups in total. The van der Waals surface area contributed by atoms with Crippen LogP contribution in [-0.4, -0.2) is 24.0 Å². The number of benzene rings is 1. The SMILES string of the molecule is C#C[C@@H](C)OC(=O)[C@@H]1CCC(=O)N1c1cc(=O)oc2ccccc12. The molecule has 24 heavy (non-hydrogen) atoms. The molecule has 0 aliphatic carbocycles. The number of esters is 1. The maximum Gasteiger partial charge on any atom is 0.338 e. The topological polar surface area (TPSA) is 76.8 Å². The van der Waals surface area contributed by atoms with Crippen molar-refractivity contribution in [2.45, 2.75) is 31.9 Å². The van der Waals surface area contributed by atoms with E-state index in [1.54, 1.807) is 31.2 Å². The highest BCUT2D eigenvalue weighted by atomic mass is 16.5. The van der Waals surface area contributed by atoms with E-state index in [9.17, 15) is 14.4 Å². The van der Waals surface area contributed by atoms with Crippen LogP contribution in [-0.2, 0) is 14.3 Å². The highest BCUT2D eigenvalue weighted by Crippen LogP contribution is 2.32. The Morgan fingerprint density at radius 3 is 2.92 bits per heavy atom. The van der Waals surface area contributed by atoms with Crippen molar-refractivity contribution in [3.63, 3.8) is 0 Å². The number of rotatable bonds is 3. The minimum absolute atomic E-state index is 0.193. The summed E-state index contributed by atoms with van der Waals surface area (Å²) in [6, 6.07) is 7.26. The number of ether oxygens (including phenoxy) is 1. The van der Waals surface area contributed by atoms with Gasteiger partial charge in [0.15, 0.2) is 6.10 Å². The second-order valence-electron chi connectivity index (χ2n) is 5.51. The van der Waals surface area contributed by atoms with Crippen LogP contribution in [0.25, 0.3) is 11.0 Å². The van der Waals surface area contributed by atoms with Gasteiger partial charge in [-0.2, -0.15) is 0 Å². The molecule has 1 saturated heterocycles. The zero-order valence-electron chi connectivity index (χ0n) is 13.0. The average Bonchev–Trinajstić information content (AvgIpc) is 2.95. The molecule has 1 aromatic heterocycles. The number of terminal acetylenes is 1. The molecule has 1 aliphatic heterocycles. The van der Waals surface area contributed by atoms with Crippen molar-refractivity contribution in [3.8, 4) is 12.3 Å². The lowest BCUT2D eigenvalue weighted by molar-refractivity contribution is -0.147. The van der Waals surface area contributed by atoms with Gasteiger partial charge in [0.25, 0.3) is 0 Å². The summed E-state index contributed by atoms with van der Waals surface area (Å²) >= 11 is 0. The minimum Gasteiger partial charge on any atom is -0.448 e. The van der Waals surface area contributed by atoms with Gasteiger partial charge in [0, 0.05) is 17.9 Å². The summed E-state index contributed by atoms with van der Waals surface area (Å²) in [5.41, 5.74) is 0.107. The average molecular weight is 325 g/mol. The van der Waals surface area contributed by atoms with Gasteiger partial charge in [0.2, 0.25) is 5.91 Å². The van der Waals surface area contributed by atoms with Crippen molar-refractivity contribution < 1.29 is 18.7 Å². The first-order valence-corrected chi connectivity index (χ1v) is 7.53. The number of carbonyl (C=O) groups is 2. The molecule has 3 rings (SSSR count). The zero-order valence-corrected chi connectivity index (χ0v) is 13.0. The van der Waals surface area contributed by atoms with Crippen molar-refractivity contribution >= 4 is 28.5 Å². The Morgan fingerprint density at radius 1 is 1.42 bits per heavy atom. The molecule has 0 radical (unpaired) electrons. The summed E-state index contributed by atoms with van der Waals surface area (Å²) in [6.07, 6.45) is 5.04. The normalized spacial score (nSPS) is 18.4. The lowest BCUT2D eigenvalue weighted by Gasteiger charge is -2.24. The van der Waals surface area contributed by atoms with E-state index in [4.69, 9.17) is 15.6 Å². The Labute approximate surface area is 138 Å². The molecule has 6 heteroatoms. The van der Waals surface area contributed by atoms with E-state index in [0.717, 1.165) is 0 Å². The number of hydrogen-bond acceptors (Lipinski definition) is 5. The molecule has 1 aromatic carbocycles. The van der Waals surface area contributed by atoms with Gasteiger partial charge in [0.1, 0.15) is 11.6 Å². The van der Waals surface area contributed by atoms with Crippen LogP contribution in [0, 0.1) is 12.3 Å². The van der Waals surface area contributed by atoms with Crippen LogP contribution < -0.4 is 10.5 Å². The molecule has 0 unspecified atom stereocenters. The van der Waals surface area contributed by atoms with Gasteiger partial charge < -0.3 is 9.15 Å². The zero-order chi connectivity index (χ0) is 17.3. The molecule has 2 atom stereocenters. The third-order valence-corrected chi connectivity index (χ3v) is 3.90. The lowest BCUT2D eigenvalue weighted by atomic mass is 10.1. The predicted molar refractivity (Wildman–Crippen MR) is 87.4 cm³/mol. The van der Waals surface area contributed by atoms with E-state index in [0.29, 0.717) is 23.1 Å². The Kier molecular flexibility index (Phi) is 4.09. The minimum atomic E-state index is -0.807. The van der Waals surface area contributed by atoms with Crippen LogP contribution in [0.4, 0.5) is 5.69 Å². The molecule has 1 aliphatic rings. The molecule has 6 nitrogen and oxygen atoms in total. The standard InChI is InChI=1S/C18H15NO5/c1-3-11(2)23-18(22)13-8-9-16(20)19(13)14-10-17(21)24-15-7-5-4-6-12(14)15/h1,4-7,10-11,13H,8-9H2,2H3/t11-,13+/m1/s1. The Hall–Kier alpha value is -3.07. The first-order valence-electron chi connectivity index (χ1n) is 7.53. The lowest BCUT2D eigenvalue weighted by Crippen LogP contribution is -2.41. The fourth-order valence-electron chi connectivity index (χ4n) is 2.79. The Balaban J connectivity index is 2.06. The summed E-state index contributed by atoms with van der Waals surface area (Å²) in [5.74, 6) is 1.48. The first kappa shape index (κ1) is 15.8. The summed E-state index contributed by atoms with van der Waals surface area (Å²) in [6.45, 7) is 1.57. The third kappa shape index (κ3) is 2.76. The molecule has 2 aromatic rings. The quantitative estimate of drug-likeness (QED) is 0.489. The largest absolute Gasteiger partial charge is 0.448 e. The van der Waals surface area contributed by atoms with Crippen LogP contribution in [0.15, 0.2) is 39.5 Å². The fraction of sp³-hybridized carbons (Fsp3) is 0.278. The number of amides is 1. The molecule has 0 bridgehead atoms. The van der Waals surface area contributed by atoms with E-state index in [-0.39, 0.29) is 12.3 Å². The van der Waals surface area contributed by atoms with Gasteiger partial charge >= 0.3 is 11.6 Å². The molecule has 0 spiro atoms. The van der Waals surface area contributed by atoms with E-state index in [1.807, 2.05) is 0 Å². The summed E-state index contributed by atoms with van der Waals surface area (Å²) in [4.78, 5) is 37.8. The molecule has 2 heterocycles. The molecule has 122 valence electrons. The van der Waals surface area contributed by atoms with Crippen molar-refractivity contribution in [1.82, 2.24) is 0 Å². The summed E-state index contributed by atoms with van der Waals surface area (Å²) in [7, 11) is 0. The van der Waals surface area contributed by atoms with Gasteiger partial charge in [-0.25, -0.2) is 9.59 Å². The second-order valence-corrected chi connectivity index (χ2v) is 5.51. The maximum atomic E-state index is 12.4. The third-order valence-electron chi connectivity index (χ3n) is 3.90. The predicted octanol–water partition coefficient (Wildman–Crippen LogP) is 1.85. The molecular formula is C18H15NO5. The second kappa shape index (κ2) is 6.20. The maximum absolute atomic E-state index is 12.4. The van der Waals surface area contributed by atoms with Crippen LogP contribution in [0.5, 0.6) is 0 Å². The van der Waals surface area contributed by atoms with E-state index in [2.05, 4.69) is 5.92 Å². The van der Waals surface area contributed by atoms with Gasteiger partial charge in [-0.05, 0) is 25.5 Å². The summed E-state index contributed by atoms with van der Waals surface area (Å²) in [5, 5.41) is 0.579. The van der Waals surface area contributed by atoms with E-state index in [1.165, 1.54) is 11.0 Å². The number of hydrogen-bond donors (Lipinski definition) is 0. The fourth-order valence-corrected chi connectivity index (χ4v) is 2.79. The van der Waals surface area contributed by atoms with Crippen LogP contribution >= 0.6 is 0 Å². The first-order chi connectivity index (χ1) is 11.5. The smallest absolute Gasteiger partial charge is 0.338 e. The van der Waals surface area contributed by atoms with Crippen LogP contribution in [0.1, 0.15) is 19.8 Å². The number of anilines is 1. The van der Waals surface area contributed by atoms with Crippen molar-refractivity contribution in [1.29, 1.82) is 0 Å². The van der Waals surface area contributed by atoms with Crippen molar-refractivity contribution in [2.24, 2.45) is 0 Å². The monoisotopic (exact) mass is 325 g/mol. The number of fused-ring (bicyclic) bond motifs is 1. The van der Waals surface area contributed by atoms with Gasteiger partial charge in [0.05, 0.1) is 5.69 Å². The van der Waals surface area contributed by atoms with Gasteiger partial charge in [-0.15, -0.1) is 6.42 Å². The number of para-hydroxylation sites is 1.